The quantitative estimate of drug-likeness (QED) is 0.296. The first-order chi connectivity index (χ1) is 18.4. The number of fused-ring (bicyclic) bond motifs is 3. The van der Waals surface area contributed by atoms with Gasteiger partial charge < -0.3 is 30.0 Å². The molecule has 0 unspecified atom stereocenters. The third kappa shape index (κ3) is 8.20. The molecule has 210 valence electrons. The highest BCUT2D eigenvalue weighted by Crippen LogP contribution is 2.44. The second kappa shape index (κ2) is 12.6. The first kappa shape index (κ1) is 29.5. The Morgan fingerprint density at radius 2 is 1.38 bits per heavy atom. The molecule has 0 fully saturated rings. The zero-order chi connectivity index (χ0) is 28.7. The Bertz CT molecular complexity index is 1160. The third-order valence-corrected chi connectivity index (χ3v) is 6.01. The number of carboxylic acid groups (broad SMARTS) is 1. The number of alkyl carbamates (subject to hydrolysis) is 2. The van der Waals surface area contributed by atoms with Crippen molar-refractivity contribution in [2.75, 3.05) is 13.2 Å². The molecule has 2 atom stereocenters. The van der Waals surface area contributed by atoms with Crippen LogP contribution in [0, 0.1) is 5.92 Å². The normalized spacial score (nSPS) is 14.0. The van der Waals surface area contributed by atoms with E-state index in [1.807, 2.05) is 62.4 Å². The van der Waals surface area contributed by atoms with E-state index in [2.05, 4.69) is 10.6 Å². The summed E-state index contributed by atoms with van der Waals surface area (Å²) in [5.41, 5.74) is 3.47. The van der Waals surface area contributed by atoms with E-state index in [1.54, 1.807) is 20.8 Å². The second-order valence-corrected chi connectivity index (χ2v) is 10.8. The Labute approximate surface area is 228 Å². The van der Waals surface area contributed by atoms with Crippen LogP contribution in [0.2, 0.25) is 0 Å². The van der Waals surface area contributed by atoms with Crippen molar-refractivity contribution in [2.45, 2.75) is 64.6 Å². The van der Waals surface area contributed by atoms with Crippen molar-refractivity contribution < 1.29 is 38.5 Å². The number of nitrogens with one attached hydrogen (secondary N) is 2. The first-order valence-corrected chi connectivity index (χ1v) is 12.9. The van der Waals surface area contributed by atoms with Gasteiger partial charge in [-0.3, -0.25) is 0 Å². The predicted octanol–water partition coefficient (Wildman–Crippen LogP) is 4.46. The number of hydrogen-bond donors (Lipinski definition) is 3. The molecule has 0 saturated carbocycles. The topological polar surface area (TPSA) is 140 Å². The van der Waals surface area contributed by atoms with Crippen LogP contribution >= 0.6 is 0 Å². The van der Waals surface area contributed by atoms with Crippen LogP contribution in [0.15, 0.2) is 48.5 Å². The molecule has 0 bridgehead atoms. The summed E-state index contributed by atoms with van der Waals surface area (Å²) in [6.07, 6.45) is -1.51. The molecule has 3 N–H and O–H groups in total. The van der Waals surface area contributed by atoms with E-state index in [-0.39, 0.29) is 24.9 Å². The largest absolute Gasteiger partial charge is 0.480 e. The van der Waals surface area contributed by atoms with E-state index in [9.17, 15) is 24.3 Å². The van der Waals surface area contributed by atoms with Gasteiger partial charge in [0.2, 0.25) is 0 Å². The van der Waals surface area contributed by atoms with Gasteiger partial charge in [-0.15, -0.1) is 0 Å². The summed E-state index contributed by atoms with van der Waals surface area (Å²) in [4.78, 5) is 49.1. The van der Waals surface area contributed by atoms with E-state index in [1.165, 1.54) is 0 Å². The Morgan fingerprint density at radius 1 is 0.846 bits per heavy atom. The van der Waals surface area contributed by atoms with Gasteiger partial charge in [-0.25, -0.2) is 19.2 Å². The standard InChI is InChI=1S/C29H36N2O8/c1-17(2)14-23(26(34)37-16-24(25(32)33)31-28(36)39-29(3,4)5)30-27(35)38-15-22-20-12-8-6-10-18(20)19-11-7-9-13-21(19)22/h6-13,17,22-24H,14-16H2,1-5H3,(H,30,35)(H,31,36)(H,32,33)/t23-,24-/m0/s1. The smallest absolute Gasteiger partial charge is 0.408 e. The van der Waals surface area contributed by atoms with Gasteiger partial charge >= 0.3 is 24.1 Å². The molecular weight excluding hydrogens is 504 g/mol. The molecule has 1 aliphatic rings. The van der Waals surface area contributed by atoms with Crippen molar-refractivity contribution >= 4 is 24.1 Å². The van der Waals surface area contributed by atoms with Crippen molar-refractivity contribution in [1.82, 2.24) is 10.6 Å². The van der Waals surface area contributed by atoms with Gasteiger partial charge in [0, 0.05) is 5.92 Å². The summed E-state index contributed by atoms with van der Waals surface area (Å²) in [5.74, 6) is -2.38. The SMILES string of the molecule is CC(C)C[C@H](NC(=O)OCC1c2ccccc2-c2ccccc21)C(=O)OC[C@H](NC(=O)OC(C)(C)C)C(=O)O. The summed E-state index contributed by atoms with van der Waals surface area (Å²) >= 11 is 0. The number of benzene rings is 2. The van der Waals surface area contributed by atoms with Crippen molar-refractivity contribution in [3.05, 3.63) is 59.7 Å². The number of esters is 1. The zero-order valence-corrected chi connectivity index (χ0v) is 22.9. The van der Waals surface area contributed by atoms with E-state index in [4.69, 9.17) is 14.2 Å². The number of carboxylic acids is 1. The fourth-order valence-electron chi connectivity index (χ4n) is 4.36. The van der Waals surface area contributed by atoms with Crippen molar-refractivity contribution in [1.29, 1.82) is 0 Å². The lowest BCUT2D eigenvalue weighted by Crippen LogP contribution is -2.48. The van der Waals surface area contributed by atoms with Crippen LogP contribution in [-0.2, 0) is 23.8 Å². The molecule has 0 saturated heterocycles. The van der Waals surface area contributed by atoms with E-state index >= 15 is 0 Å². The maximum Gasteiger partial charge on any atom is 0.408 e. The Balaban J connectivity index is 1.60. The van der Waals surface area contributed by atoms with Crippen LogP contribution in [-0.4, -0.2) is 60.1 Å². The summed E-state index contributed by atoms with van der Waals surface area (Å²) in [6, 6.07) is 13.3. The van der Waals surface area contributed by atoms with Gasteiger partial charge in [0.25, 0.3) is 0 Å². The monoisotopic (exact) mass is 540 g/mol. The Morgan fingerprint density at radius 3 is 1.90 bits per heavy atom. The zero-order valence-electron chi connectivity index (χ0n) is 22.9. The van der Waals surface area contributed by atoms with E-state index in [0.29, 0.717) is 0 Å². The molecule has 0 spiro atoms. The van der Waals surface area contributed by atoms with Gasteiger partial charge in [0.1, 0.15) is 24.9 Å². The highest BCUT2D eigenvalue weighted by Gasteiger charge is 2.31. The Hall–Kier alpha value is -4.08. The molecule has 0 radical (unpaired) electrons. The maximum absolute atomic E-state index is 12.8. The molecule has 0 aliphatic heterocycles. The number of amides is 2. The molecule has 10 heteroatoms. The fourth-order valence-corrected chi connectivity index (χ4v) is 4.36. The van der Waals surface area contributed by atoms with Gasteiger partial charge in [-0.05, 0) is 55.4 Å². The molecule has 0 aromatic heterocycles. The molecule has 1 aliphatic carbocycles. The highest BCUT2D eigenvalue weighted by atomic mass is 16.6. The maximum atomic E-state index is 12.8. The number of carbonyl (C=O) groups is 4. The molecule has 3 rings (SSSR count). The fraction of sp³-hybridized carbons (Fsp3) is 0.448. The summed E-state index contributed by atoms with van der Waals surface area (Å²) in [6.45, 7) is 8.06. The number of aliphatic carboxylic acids is 1. The highest BCUT2D eigenvalue weighted by molar-refractivity contribution is 5.83. The van der Waals surface area contributed by atoms with Gasteiger partial charge in [-0.1, -0.05) is 62.4 Å². The minimum absolute atomic E-state index is 0.00611. The second-order valence-electron chi connectivity index (χ2n) is 10.8. The lowest BCUT2D eigenvalue weighted by atomic mass is 9.98. The molecule has 39 heavy (non-hydrogen) atoms. The molecule has 2 aromatic rings. The van der Waals surface area contributed by atoms with Gasteiger partial charge in [0.05, 0.1) is 0 Å². The van der Waals surface area contributed by atoms with Crippen LogP contribution < -0.4 is 10.6 Å². The van der Waals surface area contributed by atoms with Crippen LogP contribution in [0.5, 0.6) is 0 Å². The first-order valence-electron chi connectivity index (χ1n) is 12.9. The minimum Gasteiger partial charge on any atom is -0.480 e. The lowest BCUT2D eigenvalue weighted by Gasteiger charge is -2.23. The van der Waals surface area contributed by atoms with Crippen LogP contribution in [0.4, 0.5) is 9.59 Å². The van der Waals surface area contributed by atoms with Gasteiger partial charge in [-0.2, -0.15) is 0 Å². The van der Waals surface area contributed by atoms with Crippen LogP contribution in [0.1, 0.15) is 58.1 Å². The minimum atomic E-state index is -1.53. The number of ether oxygens (including phenoxy) is 3. The van der Waals surface area contributed by atoms with Crippen LogP contribution in [0.3, 0.4) is 0 Å². The predicted molar refractivity (Wildman–Crippen MR) is 143 cm³/mol. The molecular formula is C29H36N2O8. The average molecular weight is 541 g/mol. The van der Waals surface area contributed by atoms with E-state index < -0.39 is 48.4 Å². The summed E-state index contributed by atoms with van der Waals surface area (Å²) < 4.78 is 15.8. The number of carbonyl (C=O) groups excluding carboxylic acids is 3. The van der Waals surface area contributed by atoms with Crippen LogP contribution in [0.25, 0.3) is 11.1 Å². The lowest BCUT2D eigenvalue weighted by molar-refractivity contribution is -0.150. The average Bonchev–Trinajstić information content (AvgIpc) is 3.17. The Kier molecular flexibility index (Phi) is 9.56. The molecule has 0 heterocycles. The molecule has 2 amide bonds. The van der Waals surface area contributed by atoms with Crippen molar-refractivity contribution in [2.24, 2.45) is 5.92 Å². The van der Waals surface area contributed by atoms with Crippen molar-refractivity contribution in [3.8, 4) is 11.1 Å². The van der Waals surface area contributed by atoms with Gasteiger partial charge in [0.15, 0.2) is 6.04 Å². The number of hydrogen-bond acceptors (Lipinski definition) is 7. The summed E-state index contributed by atoms with van der Waals surface area (Å²) in [5, 5.41) is 14.1. The number of rotatable bonds is 10. The molecule has 2 aromatic carbocycles. The van der Waals surface area contributed by atoms with Crippen molar-refractivity contribution in [3.63, 3.8) is 0 Å². The summed E-state index contributed by atoms with van der Waals surface area (Å²) in [7, 11) is 0. The third-order valence-electron chi connectivity index (χ3n) is 6.01. The molecule has 10 nitrogen and oxygen atoms in total. The van der Waals surface area contributed by atoms with E-state index in [0.717, 1.165) is 22.3 Å².